The molecule has 2 unspecified atom stereocenters. The van der Waals surface area contributed by atoms with E-state index in [2.05, 4.69) is 38.3 Å². The Morgan fingerprint density at radius 2 is 1.79 bits per heavy atom. The Morgan fingerprint density at radius 3 is 2.37 bits per heavy atom. The minimum atomic E-state index is -0.785. The zero-order valence-electron chi connectivity index (χ0n) is 24.0. The maximum absolute atomic E-state index is 14.4. The van der Waals surface area contributed by atoms with Gasteiger partial charge in [-0.3, -0.25) is 14.4 Å². The van der Waals surface area contributed by atoms with Gasteiger partial charge in [-0.2, -0.15) is 0 Å². The predicted octanol–water partition coefficient (Wildman–Crippen LogP) is 4.06. The van der Waals surface area contributed by atoms with Gasteiger partial charge in [0.2, 0.25) is 17.7 Å². The first kappa shape index (κ1) is 28.9. The lowest BCUT2D eigenvalue weighted by molar-refractivity contribution is -0.143. The van der Waals surface area contributed by atoms with Gasteiger partial charge in [-0.15, -0.1) is 11.8 Å². The molecule has 3 aliphatic heterocycles. The molecule has 3 amide bonds. The molecular formula is C30H45N3O4S. The monoisotopic (exact) mass is 543 g/mol. The molecule has 0 aromatic heterocycles. The van der Waals surface area contributed by atoms with Gasteiger partial charge in [0, 0.05) is 16.8 Å². The third-order valence-electron chi connectivity index (χ3n) is 8.42. The highest BCUT2D eigenvalue weighted by molar-refractivity contribution is 8.02. The summed E-state index contributed by atoms with van der Waals surface area (Å²) in [5, 5.41) is 16.9. The Bertz CT molecular complexity index is 1070. The third-order valence-corrected chi connectivity index (χ3v) is 10.4. The van der Waals surface area contributed by atoms with Crippen molar-refractivity contribution in [3.8, 4) is 0 Å². The number of fused-ring (bicyclic) bond motifs is 1. The maximum Gasteiger partial charge on any atom is 0.244 e. The number of aliphatic hydroxyl groups excluding tert-OH is 1. The van der Waals surface area contributed by atoms with Crippen LogP contribution in [0.25, 0.3) is 0 Å². The SMILES string of the molecule is CCCNC(=O)[C@@H]1[C@H]2C(=O)N([C@H](CO)c3ccccc3)C(C(=O)NC(C)(C)CC(C)(C)C)C23CC[C@@]1(C)S3. The summed E-state index contributed by atoms with van der Waals surface area (Å²) in [7, 11) is 0. The van der Waals surface area contributed by atoms with Crippen molar-refractivity contribution >= 4 is 29.5 Å². The Balaban J connectivity index is 1.79. The molecular weight excluding hydrogens is 498 g/mol. The number of hydrogen-bond acceptors (Lipinski definition) is 5. The van der Waals surface area contributed by atoms with Crippen LogP contribution in [-0.4, -0.2) is 62.0 Å². The van der Waals surface area contributed by atoms with Crippen molar-refractivity contribution in [3.05, 3.63) is 35.9 Å². The van der Waals surface area contributed by atoms with E-state index in [0.717, 1.165) is 24.8 Å². The van der Waals surface area contributed by atoms with Crippen LogP contribution in [0, 0.1) is 17.3 Å². The molecule has 3 saturated heterocycles. The van der Waals surface area contributed by atoms with Crippen LogP contribution in [0.2, 0.25) is 0 Å². The number of hydrogen-bond donors (Lipinski definition) is 3. The lowest BCUT2D eigenvalue weighted by Gasteiger charge is -2.40. The van der Waals surface area contributed by atoms with E-state index in [9.17, 15) is 19.5 Å². The molecule has 1 aromatic carbocycles. The van der Waals surface area contributed by atoms with Gasteiger partial charge in [0.25, 0.3) is 0 Å². The molecule has 8 heteroatoms. The highest BCUT2D eigenvalue weighted by Crippen LogP contribution is 2.72. The van der Waals surface area contributed by atoms with Crippen molar-refractivity contribution in [2.45, 2.75) is 101 Å². The lowest BCUT2D eigenvalue weighted by atomic mass is 9.66. The van der Waals surface area contributed by atoms with E-state index in [-0.39, 0.29) is 29.7 Å². The van der Waals surface area contributed by atoms with Gasteiger partial charge in [0.1, 0.15) is 6.04 Å². The van der Waals surface area contributed by atoms with Gasteiger partial charge in [0.05, 0.1) is 29.2 Å². The number of carbonyl (C=O) groups is 3. The van der Waals surface area contributed by atoms with Crippen molar-refractivity contribution < 1.29 is 19.5 Å². The molecule has 4 rings (SSSR count). The van der Waals surface area contributed by atoms with Gasteiger partial charge in [-0.05, 0) is 57.4 Å². The zero-order valence-corrected chi connectivity index (χ0v) is 24.8. The Labute approximate surface area is 231 Å². The summed E-state index contributed by atoms with van der Waals surface area (Å²) in [6.45, 7) is 14.8. The van der Waals surface area contributed by atoms with Crippen molar-refractivity contribution in [1.29, 1.82) is 0 Å². The molecule has 3 N–H and O–H groups in total. The van der Waals surface area contributed by atoms with Crippen LogP contribution in [0.4, 0.5) is 0 Å². The average Bonchev–Trinajstić information content (AvgIpc) is 3.38. The molecule has 7 nitrogen and oxygen atoms in total. The second-order valence-electron chi connectivity index (χ2n) is 13.5. The van der Waals surface area contributed by atoms with Crippen LogP contribution >= 0.6 is 11.8 Å². The number of nitrogens with one attached hydrogen (secondary N) is 2. The average molecular weight is 544 g/mol. The minimum Gasteiger partial charge on any atom is -0.394 e. The van der Waals surface area contributed by atoms with Gasteiger partial charge in [-0.1, -0.05) is 58.0 Å². The molecule has 0 saturated carbocycles. The van der Waals surface area contributed by atoms with E-state index in [0.29, 0.717) is 13.0 Å². The van der Waals surface area contributed by atoms with Crippen LogP contribution in [-0.2, 0) is 14.4 Å². The largest absolute Gasteiger partial charge is 0.394 e. The first-order valence-corrected chi connectivity index (χ1v) is 14.8. The van der Waals surface area contributed by atoms with Gasteiger partial charge in [0.15, 0.2) is 0 Å². The number of benzene rings is 1. The second-order valence-corrected chi connectivity index (χ2v) is 15.4. The fraction of sp³-hybridized carbons (Fsp3) is 0.700. The summed E-state index contributed by atoms with van der Waals surface area (Å²) in [4.78, 5) is 43.9. The molecule has 0 aliphatic carbocycles. The topological polar surface area (TPSA) is 98.7 Å². The molecule has 3 heterocycles. The summed E-state index contributed by atoms with van der Waals surface area (Å²) in [6.07, 6.45) is 3.03. The first-order chi connectivity index (χ1) is 17.7. The number of rotatable bonds is 9. The molecule has 0 radical (unpaired) electrons. The number of nitrogens with zero attached hydrogens (tertiary/aromatic N) is 1. The molecule has 6 atom stereocenters. The van der Waals surface area contributed by atoms with E-state index in [1.54, 1.807) is 16.7 Å². The molecule has 210 valence electrons. The van der Waals surface area contributed by atoms with E-state index in [1.165, 1.54) is 0 Å². The standard InChI is InChI=1S/C30H45N3O4S/c1-8-16-31-24(35)21-22-26(37)33(20(17-34)19-12-10-9-11-13-19)23(30(22)15-14-29(21,7)38-30)25(36)32-28(5,6)18-27(2,3)4/h9-13,20-23,34H,8,14-18H2,1-7H3,(H,31,35)(H,32,36)/t20-,21+,22+,23?,29-,30?/m1/s1. The van der Waals surface area contributed by atoms with E-state index in [4.69, 9.17) is 0 Å². The Morgan fingerprint density at radius 1 is 1.13 bits per heavy atom. The molecule has 2 bridgehead atoms. The summed E-state index contributed by atoms with van der Waals surface area (Å²) >= 11 is 1.66. The van der Waals surface area contributed by atoms with Crippen LogP contribution in [0.5, 0.6) is 0 Å². The Hall–Kier alpha value is -2.06. The smallest absolute Gasteiger partial charge is 0.244 e. The quantitative estimate of drug-likeness (QED) is 0.436. The van der Waals surface area contributed by atoms with E-state index >= 15 is 0 Å². The second kappa shape index (κ2) is 10.2. The minimum absolute atomic E-state index is 0.00302. The molecule has 1 spiro atoms. The van der Waals surface area contributed by atoms with Crippen molar-refractivity contribution in [2.75, 3.05) is 13.2 Å². The van der Waals surface area contributed by atoms with Gasteiger partial charge < -0.3 is 20.6 Å². The van der Waals surface area contributed by atoms with Crippen LogP contribution in [0.3, 0.4) is 0 Å². The third kappa shape index (κ3) is 4.99. The molecule has 3 fully saturated rings. The van der Waals surface area contributed by atoms with Crippen molar-refractivity contribution in [2.24, 2.45) is 17.3 Å². The summed E-state index contributed by atoms with van der Waals surface area (Å²) in [6, 6.07) is 7.96. The van der Waals surface area contributed by atoms with Crippen LogP contribution in [0.1, 0.15) is 85.8 Å². The van der Waals surface area contributed by atoms with Crippen molar-refractivity contribution in [1.82, 2.24) is 15.5 Å². The normalized spacial score (nSPS) is 31.3. The summed E-state index contributed by atoms with van der Waals surface area (Å²) in [5.74, 6) is -1.62. The molecule has 38 heavy (non-hydrogen) atoms. The van der Waals surface area contributed by atoms with Gasteiger partial charge in [-0.25, -0.2) is 0 Å². The maximum atomic E-state index is 14.4. The summed E-state index contributed by atoms with van der Waals surface area (Å²) in [5.41, 5.74) is 0.282. The van der Waals surface area contributed by atoms with Crippen molar-refractivity contribution in [3.63, 3.8) is 0 Å². The fourth-order valence-electron chi connectivity index (χ4n) is 7.56. The number of carbonyl (C=O) groups excluding carboxylic acids is 3. The number of thioether (sulfide) groups is 1. The van der Waals surface area contributed by atoms with E-state index < -0.39 is 39.0 Å². The van der Waals surface area contributed by atoms with Gasteiger partial charge >= 0.3 is 0 Å². The number of likely N-dealkylation sites (tertiary alicyclic amines) is 1. The van der Waals surface area contributed by atoms with Crippen LogP contribution in [0.15, 0.2) is 30.3 Å². The lowest BCUT2D eigenvalue weighted by Crippen LogP contribution is -2.59. The highest BCUT2D eigenvalue weighted by Gasteiger charge is 2.77. The zero-order chi connectivity index (χ0) is 28.1. The summed E-state index contributed by atoms with van der Waals surface area (Å²) < 4.78 is -1.13. The predicted molar refractivity (Wildman–Crippen MR) is 151 cm³/mol. The molecule has 3 aliphatic rings. The first-order valence-electron chi connectivity index (χ1n) is 14.0. The highest BCUT2D eigenvalue weighted by atomic mass is 32.2. The number of amides is 3. The molecule has 1 aromatic rings. The van der Waals surface area contributed by atoms with Crippen LogP contribution < -0.4 is 10.6 Å². The number of aliphatic hydroxyl groups is 1. The van der Waals surface area contributed by atoms with E-state index in [1.807, 2.05) is 51.1 Å². The fourth-order valence-corrected chi connectivity index (χ4v) is 9.90. The Kier molecular flexibility index (Phi) is 7.74.